The fourth-order valence-electron chi connectivity index (χ4n) is 7.74. The Labute approximate surface area is 147 Å². The smallest absolute Gasteiger partial charge is 0.0577 e. The lowest BCUT2D eigenvalue weighted by molar-refractivity contribution is -0.0598. The molecule has 4 aliphatic rings. The summed E-state index contributed by atoms with van der Waals surface area (Å²) in [5, 5.41) is 19.8. The zero-order valence-corrected chi connectivity index (χ0v) is 15.8. The molecule has 0 aliphatic heterocycles. The van der Waals surface area contributed by atoms with Crippen LogP contribution in [0.4, 0.5) is 0 Å². The number of allylic oxidation sites excluding steroid dienone is 1. The maximum absolute atomic E-state index is 10.1. The number of aliphatic hydroxyl groups is 2. The van der Waals surface area contributed by atoms with Gasteiger partial charge in [-0.3, -0.25) is 0 Å². The van der Waals surface area contributed by atoms with Gasteiger partial charge in [-0.2, -0.15) is 0 Å². The van der Waals surface area contributed by atoms with E-state index in [2.05, 4.69) is 26.8 Å². The van der Waals surface area contributed by atoms with Gasteiger partial charge in [0.15, 0.2) is 0 Å². The van der Waals surface area contributed by atoms with Crippen LogP contribution in [0.3, 0.4) is 0 Å². The summed E-state index contributed by atoms with van der Waals surface area (Å²) < 4.78 is 0. The molecule has 0 aromatic carbocycles. The van der Waals surface area contributed by atoms with E-state index in [9.17, 15) is 10.2 Å². The second kappa shape index (κ2) is 5.84. The highest BCUT2D eigenvalue weighted by molar-refractivity contribution is 5.25. The van der Waals surface area contributed by atoms with Crippen molar-refractivity contribution in [3.05, 3.63) is 11.6 Å². The van der Waals surface area contributed by atoms with E-state index in [-0.39, 0.29) is 6.10 Å². The van der Waals surface area contributed by atoms with Gasteiger partial charge in [0.25, 0.3) is 0 Å². The maximum atomic E-state index is 10.1. The van der Waals surface area contributed by atoms with E-state index >= 15 is 0 Å². The van der Waals surface area contributed by atoms with Crippen LogP contribution in [-0.4, -0.2) is 22.9 Å². The average Bonchev–Trinajstić information content (AvgIpc) is 2.92. The van der Waals surface area contributed by atoms with Gasteiger partial charge in [0.1, 0.15) is 0 Å². The molecule has 0 aromatic rings. The summed E-state index contributed by atoms with van der Waals surface area (Å²) in [5.41, 5.74) is 2.37. The van der Waals surface area contributed by atoms with E-state index in [4.69, 9.17) is 0 Å². The Kier molecular flexibility index (Phi) is 4.16. The fourth-order valence-corrected chi connectivity index (χ4v) is 7.74. The first-order chi connectivity index (χ1) is 11.4. The standard InChI is InChI=1S/C22H36O2/c1-14(13-23)18-6-7-19-17-5-4-15-12-16(24)8-10-21(15,2)20(17)9-11-22(18,19)3/h4,14,16-20,23-24H,5-13H2,1-3H3/t14-,16+,17?,18?,19?,20?,21+,22-/m1/s1. The molecule has 3 fully saturated rings. The zero-order chi connectivity index (χ0) is 17.1. The van der Waals surface area contributed by atoms with Gasteiger partial charge in [0, 0.05) is 6.61 Å². The average molecular weight is 333 g/mol. The molecule has 4 unspecified atom stereocenters. The van der Waals surface area contributed by atoms with Crippen LogP contribution >= 0.6 is 0 Å². The van der Waals surface area contributed by atoms with E-state index in [1.54, 1.807) is 5.57 Å². The van der Waals surface area contributed by atoms with Crippen LogP contribution in [0.25, 0.3) is 0 Å². The van der Waals surface area contributed by atoms with Crippen molar-refractivity contribution >= 4 is 0 Å². The molecule has 8 atom stereocenters. The van der Waals surface area contributed by atoms with E-state index in [0.717, 1.165) is 30.6 Å². The molecule has 2 N–H and O–H groups in total. The lowest BCUT2D eigenvalue weighted by atomic mass is 9.47. The Balaban J connectivity index is 1.63. The predicted octanol–water partition coefficient (Wildman–Crippen LogP) is 4.55. The summed E-state index contributed by atoms with van der Waals surface area (Å²) in [7, 11) is 0. The van der Waals surface area contributed by atoms with Crippen molar-refractivity contribution in [3.8, 4) is 0 Å². The van der Waals surface area contributed by atoms with Crippen molar-refractivity contribution in [3.63, 3.8) is 0 Å². The number of aliphatic hydroxyl groups excluding tert-OH is 2. The molecule has 2 heteroatoms. The first-order valence-electron chi connectivity index (χ1n) is 10.4. The van der Waals surface area contributed by atoms with Crippen LogP contribution in [0.15, 0.2) is 11.6 Å². The molecule has 0 heterocycles. The predicted molar refractivity (Wildman–Crippen MR) is 97.4 cm³/mol. The van der Waals surface area contributed by atoms with Crippen molar-refractivity contribution < 1.29 is 10.2 Å². The van der Waals surface area contributed by atoms with Crippen molar-refractivity contribution in [1.82, 2.24) is 0 Å². The van der Waals surface area contributed by atoms with Gasteiger partial charge in [0.05, 0.1) is 6.10 Å². The Morgan fingerprint density at radius 3 is 2.67 bits per heavy atom. The Hall–Kier alpha value is -0.340. The number of rotatable bonds is 2. The van der Waals surface area contributed by atoms with Crippen LogP contribution in [0.2, 0.25) is 0 Å². The summed E-state index contributed by atoms with van der Waals surface area (Å²) >= 11 is 0. The Morgan fingerprint density at radius 2 is 1.92 bits per heavy atom. The van der Waals surface area contributed by atoms with Crippen LogP contribution in [-0.2, 0) is 0 Å². The fraction of sp³-hybridized carbons (Fsp3) is 0.909. The van der Waals surface area contributed by atoms with Crippen molar-refractivity contribution in [2.45, 2.75) is 78.2 Å². The highest BCUT2D eigenvalue weighted by Crippen LogP contribution is 2.67. The second-order valence-electron chi connectivity index (χ2n) is 10.0. The Bertz CT molecular complexity index is 526. The molecule has 3 saturated carbocycles. The highest BCUT2D eigenvalue weighted by atomic mass is 16.3. The van der Waals surface area contributed by atoms with Gasteiger partial charge in [-0.05, 0) is 91.8 Å². The number of hydrogen-bond donors (Lipinski definition) is 2. The number of hydrogen-bond acceptors (Lipinski definition) is 2. The maximum Gasteiger partial charge on any atom is 0.0577 e. The minimum Gasteiger partial charge on any atom is -0.396 e. The van der Waals surface area contributed by atoms with E-state index in [1.165, 1.54) is 38.5 Å². The molecule has 24 heavy (non-hydrogen) atoms. The molecule has 2 nitrogen and oxygen atoms in total. The normalized spacial score (nSPS) is 52.0. The molecule has 136 valence electrons. The third-order valence-corrected chi connectivity index (χ3v) is 9.13. The molecule has 4 aliphatic carbocycles. The summed E-state index contributed by atoms with van der Waals surface area (Å²) in [5.74, 6) is 3.66. The molecule has 0 aromatic heterocycles. The van der Waals surface area contributed by atoms with Gasteiger partial charge in [0.2, 0.25) is 0 Å². The summed E-state index contributed by atoms with van der Waals surface area (Å²) in [6.45, 7) is 7.66. The minimum absolute atomic E-state index is 0.101. The molecule has 0 spiro atoms. The molecular weight excluding hydrogens is 296 g/mol. The highest BCUT2D eigenvalue weighted by Gasteiger charge is 2.59. The third-order valence-electron chi connectivity index (χ3n) is 9.13. The van der Waals surface area contributed by atoms with Gasteiger partial charge in [-0.15, -0.1) is 0 Å². The zero-order valence-electron chi connectivity index (χ0n) is 15.8. The van der Waals surface area contributed by atoms with Crippen molar-refractivity contribution in [1.29, 1.82) is 0 Å². The molecule has 0 saturated heterocycles. The van der Waals surface area contributed by atoms with Gasteiger partial charge in [-0.1, -0.05) is 32.4 Å². The topological polar surface area (TPSA) is 40.5 Å². The molecular formula is C22H36O2. The summed E-state index contributed by atoms with van der Waals surface area (Å²) in [6.07, 6.45) is 12.1. The second-order valence-corrected chi connectivity index (χ2v) is 10.0. The number of fused-ring (bicyclic) bond motifs is 5. The van der Waals surface area contributed by atoms with Gasteiger partial charge < -0.3 is 10.2 Å². The molecule has 0 amide bonds. The minimum atomic E-state index is -0.101. The quantitative estimate of drug-likeness (QED) is 0.728. The Morgan fingerprint density at radius 1 is 1.12 bits per heavy atom. The van der Waals surface area contributed by atoms with Crippen molar-refractivity contribution in [2.24, 2.45) is 40.4 Å². The largest absolute Gasteiger partial charge is 0.396 e. The summed E-state index contributed by atoms with van der Waals surface area (Å²) in [4.78, 5) is 0. The van der Waals surface area contributed by atoms with Crippen LogP contribution in [0.5, 0.6) is 0 Å². The SMILES string of the molecule is C[C@H](CO)C1CCC2C3CC=C4C[C@@H](O)CC[C@]4(C)C3CC[C@@]21C. The lowest BCUT2D eigenvalue weighted by Crippen LogP contribution is -2.51. The molecule has 0 bridgehead atoms. The van der Waals surface area contributed by atoms with Crippen LogP contribution < -0.4 is 0 Å². The molecule has 4 rings (SSSR count). The van der Waals surface area contributed by atoms with Crippen molar-refractivity contribution in [2.75, 3.05) is 6.61 Å². The van der Waals surface area contributed by atoms with Crippen LogP contribution in [0, 0.1) is 40.4 Å². The lowest BCUT2D eigenvalue weighted by Gasteiger charge is -2.58. The first kappa shape index (κ1) is 17.1. The summed E-state index contributed by atoms with van der Waals surface area (Å²) in [6, 6.07) is 0. The van der Waals surface area contributed by atoms with Crippen LogP contribution in [0.1, 0.15) is 72.1 Å². The first-order valence-corrected chi connectivity index (χ1v) is 10.4. The van der Waals surface area contributed by atoms with Gasteiger partial charge in [-0.25, -0.2) is 0 Å². The van der Waals surface area contributed by atoms with Gasteiger partial charge >= 0.3 is 0 Å². The van der Waals surface area contributed by atoms with E-state index < -0.39 is 0 Å². The monoisotopic (exact) mass is 332 g/mol. The van der Waals surface area contributed by atoms with E-state index in [0.29, 0.717) is 29.3 Å². The molecule has 0 radical (unpaired) electrons. The third kappa shape index (κ3) is 2.28. The van der Waals surface area contributed by atoms with E-state index in [1.807, 2.05) is 0 Å².